The fourth-order valence-corrected chi connectivity index (χ4v) is 4.93. The molecule has 1 aromatic rings. The second-order valence-corrected chi connectivity index (χ2v) is 9.83. The summed E-state index contributed by atoms with van der Waals surface area (Å²) in [6, 6.07) is 0. The Morgan fingerprint density at radius 3 is 2.42 bits per heavy atom. The molecule has 0 amide bonds. The number of nitrogens with one attached hydrogen (secondary N) is 1. The van der Waals surface area contributed by atoms with Crippen LogP contribution in [0.25, 0.3) is 0 Å². The van der Waals surface area contributed by atoms with Crippen LogP contribution in [0.5, 0.6) is 0 Å². The van der Waals surface area contributed by atoms with Gasteiger partial charge in [-0.2, -0.15) is 0 Å². The molecule has 2 heterocycles. The lowest BCUT2D eigenvalue weighted by Gasteiger charge is -2.18. The molecule has 6 N–H and O–H groups in total. The van der Waals surface area contributed by atoms with Gasteiger partial charge in [0.05, 0.1) is 6.61 Å². The predicted octanol–water partition coefficient (Wildman–Crippen LogP) is -1.85. The number of aromatic amines is 1. The molecule has 0 aromatic carbocycles. The molecule has 2 rings (SSSR count). The van der Waals surface area contributed by atoms with E-state index in [9.17, 15) is 33.8 Å². The highest BCUT2D eigenvalue weighted by Gasteiger charge is 2.45. The summed E-state index contributed by atoms with van der Waals surface area (Å²) >= 11 is 5.60. The van der Waals surface area contributed by atoms with Gasteiger partial charge in [-0.3, -0.25) is 23.5 Å². The molecule has 0 bridgehead atoms. The number of aliphatic hydroxyl groups is 2. The van der Waals surface area contributed by atoms with Gasteiger partial charge in [0.1, 0.15) is 23.3 Å². The van der Waals surface area contributed by atoms with Crippen LogP contribution in [0.1, 0.15) is 6.23 Å². The quantitative estimate of drug-likeness (QED) is 0.272. The van der Waals surface area contributed by atoms with Crippen molar-refractivity contribution in [3.63, 3.8) is 0 Å². The Balaban J connectivity index is 2.14. The average molecular weight is 437 g/mol. The van der Waals surface area contributed by atoms with Gasteiger partial charge in [-0.1, -0.05) is 11.6 Å². The molecule has 16 heteroatoms. The lowest BCUT2D eigenvalue weighted by atomic mass is 10.1. The minimum Gasteiger partial charge on any atom is -0.387 e. The molecule has 0 saturated carbocycles. The fraction of sp³-hybridized carbons (Fsp3) is 0.600. The largest absolute Gasteiger partial charge is 0.387 e. The Kier molecular flexibility index (Phi) is 6.31. The van der Waals surface area contributed by atoms with Crippen LogP contribution in [-0.2, 0) is 18.4 Å². The third kappa shape index (κ3) is 5.11. The standard InChI is InChI=1S/C10H15ClN2O11P2/c11-4-1-13(10(17)12-8(4)16)9-7(15)6(14)5(24-9)2-23-26(21,22)3-25(18,19)20/h1,5-7,9,14-15H,2-3H2,(H,21,22)(H,12,16,17)(H2,18,19,20)/t5-,6-,7-,9-/m1/s1. The molecule has 0 aliphatic carbocycles. The molecule has 0 radical (unpaired) electrons. The highest BCUT2D eigenvalue weighted by Crippen LogP contribution is 2.55. The SMILES string of the molecule is O=c1[nH]c(=O)n([C@@H]2O[C@H](COP(=O)(O)CP(=O)(O)O)[C@@H](O)[C@H]2O)cc1Cl. The van der Waals surface area contributed by atoms with Crippen molar-refractivity contribution in [1.29, 1.82) is 0 Å². The van der Waals surface area contributed by atoms with E-state index in [0.717, 1.165) is 6.20 Å². The first-order chi connectivity index (χ1) is 11.8. The number of aromatic nitrogens is 2. The predicted molar refractivity (Wildman–Crippen MR) is 84.9 cm³/mol. The maximum atomic E-state index is 11.8. The van der Waals surface area contributed by atoms with Crippen LogP contribution in [0.4, 0.5) is 0 Å². The Labute approximate surface area is 149 Å². The number of ether oxygens (including phenoxy) is 1. The molecule has 1 aliphatic rings. The first-order valence-electron chi connectivity index (χ1n) is 6.84. The maximum absolute atomic E-state index is 11.8. The number of nitrogens with zero attached hydrogens (tertiary/aromatic N) is 1. The van der Waals surface area contributed by atoms with E-state index in [2.05, 4.69) is 4.52 Å². The average Bonchev–Trinajstić information content (AvgIpc) is 2.75. The topological polar surface area (TPSA) is 209 Å². The Hall–Kier alpha value is -0.850. The molecule has 5 atom stereocenters. The van der Waals surface area contributed by atoms with E-state index in [1.165, 1.54) is 0 Å². The summed E-state index contributed by atoms with van der Waals surface area (Å²) in [5.41, 5.74) is -1.87. The maximum Gasteiger partial charge on any atom is 0.340 e. The highest BCUT2D eigenvalue weighted by atomic mass is 35.5. The summed E-state index contributed by atoms with van der Waals surface area (Å²) < 4.78 is 32.8. The van der Waals surface area contributed by atoms with Crippen molar-refractivity contribution in [3.05, 3.63) is 32.1 Å². The number of halogens is 1. The molecule has 0 spiro atoms. The van der Waals surface area contributed by atoms with E-state index in [4.69, 9.17) is 26.1 Å². The van der Waals surface area contributed by atoms with E-state index in [0.29, 0.717) is 4.57 Å². The monoisotopic (exact) mass is 436 g/mol. The summed E-state index contributed by atoms with van der Waals surface area (Å²) in [7, 11) is -9.54. The number of hydrogen-bond acceptors (Lipinski definition) is 8. The first-order valence-corrected chi connectivity index (χ1v) is 10.8. The number of aliphatic hydroxyl groups excluding tert-OH is 2. The zero-order chi connectivity index (χ0) is 19.9. The number of H-pyrrole nitrogens is 1. The normalized spacial score (nSPS) is 28.8. The van der Waals surface area contributed by atoms with Crippen LogP contribution in [0.3, 0.4) is 0 Å². The van der Waals surface area contributed by atoms with E-state index in [1.807, 2.05) is 4.98 Å². The third-order valence-electron chi connectivity index (χ3n) is 3.34. The van der Waals surface area contributed by atoms with Gasteiger partial charge in [0.15, 0.2) is 12.1 Å². The Morgan fingerprint density at radius 1 is 1.23 bits per heavy atom. The molecule has 26 heavy (non-hydrogen) atoms. The summed E-state index contributed by atoms with van der Waals surface area (Å²) in [6.07, 6.45) is -5.40. The van der Waals surface area contributed by atoms with Crippen molar-refractivity contribution >= 4 is 26.8 Å². The molecule has 1 aliphatic heterocycles. The van der Waals surface area contributed by atoms with Gasteiger partial charge in [-0.25, -0.2) is 4.79 Å². The van der Waals surface area contributed by atoms with Crippen molar-refractivity contribution in [2.75, 3.05) is 12.5 Å². The number of rotatable bonds is 6. The minimum atomic E-state index is -4.84. The lowest BCUT2D eigenvalue weighted by molar-refractivity contribution is -0.0524. The molecular weight excluding hydrogens is 422 g/mol. The minimum absolute atomic E-state index is 0.393. The summed E-state index contributed by atoms with van der Waals surface area (Å²) in [5.74, 6) is -1.44. The van der Waals surface area contributed by atoms with Gasteiger partial charge in [0, 0.05) is 6.20 Å². The van der Waals surface area contributed by atoms with Gasteiger partial charge in [0.2, 0.25) is 0 Å². The van der Waals surface area contributed by atoms with Crippen molar-refractivity contribution in [3.8, 4) is 0 Å². The second kappa shape index (κ2) is 7.64. The van der Waals surface area contributed by atoms with Crippen LogP contribution in [0.15, 0.2) is 15.8 Å². The lowest BCUT2D eigenvalue weighted by Crippen LogP contribution is -2.38. The molecule has 1 saturated heterocycles. The summed E-state index contributed by atoms with van der Waals surface area (Å²) in [5, 5.41) is 19.5. The smallest absolute Gasteiger partial charge is 0.340 e. The molecule has 13 nitrogen and oxygen atoms in total. The van der Waals surface area contributed by atoms with Crippen molar-refractivity contribution in [1.82, 2.24) is 9.55 Å². The summed E-state index contributed by atoms with van der Waals surface area (Å²) in [4.78, 5) is 51.7. The van der Waals surface area contributed by atoms with E-state index < -0.39 is 68.5 Å². The van der Waals surface area contributed by atoms with Gasteiger partial charge < -0.3 is 34.2 Å². The second-order valence-electron chi connectivity index (χ2n) is 5.43. The first kappa shape index (κ1) is 21.5. The highest BCUT2D eigenvalue weighted by molar-refractivity contribution is 7.70. The van der Waals surface area contributed by atoms with Gasteiger partial charge in [-0.05, 0) is 0 Å². The van der Waals surface area contributed by atoms with Gasteiger partial charge in [-0.15, -0.1) is 0 Å². The van der Waals surface area contributed by atoms with Crippen molar-refractivity contribution in [2.45, 2.75) is 24.5 Å². The number of hydrogen-bond donors (Lipinski definition) is 6. The molecule has 148 valence electrons. The fourth-order valence-electron chi connectivity index (χ4n) is 2.21. The zero-order valence-electron chi connectivity index (χ0n) is 12.7. The zero-order valence-corrected chi connectivity index (χ0v) is 15.3. The van der Waals surface area contributed by atoms with E-state index in [1.54, 1.807) is 0 Å². The third-order valence-corrected chi connectivity index (χ3v) is 7.06. The van der Waals surface area contributed by atoms with Crippen LogP contribution >= 0.6 is 26.8 Å². The molecule has 1 unspecified atom stereocenters. The van der Waals surface area contributed by atoms with E-state index >= 15 is 0 Å². The molecular formula is C10H15ClN2O11P2. The van der Waals surface area contributed by atoms with Crippen molar-refractivity contribution in [2.24, 2.45) is 0 Å². The Bertz CT molecular complexity index is 878. The Morgan fingerprint density at radius 2 is 1.85 bits per heavy atom. The van der Waals surface area contributed by atoms with Crippen LogP contribution in [0.2, 0.25) is 5.02 Å². The molecule has 1 fully saturated rings. The summed E-state index contributed by atoms with van der Waals surface area (Å²) in [6.45, 7) is -0.811. The van der Waals surface area contributed by atoms with Gasteiger partial charge in [0.25, 0.3) is 5.56 Å². The molecule has 1 aromatic heterocycles. The van der Waals surface area contributed by atoms with Crippen LogP contribution in [-0.4, -0.2) is 65.3 Å². The van der Waals surface area contributed by atoms with Crippen LogP contribution < -0.4 is 11.2 Å². The van der Waals surface area contributed by atoms with Crippen LogP contribution in [0, 0.1) is 0 Å². The van der Waals surface area contributed by atoms with E-state index in [-0.39, 0.29) is 0 Å². The van der Waals surface area contributed by atoms with Crippen molar-refractivity contribution < 1.29 is 43.3 Å². The van der Waals surface area contributed by atoms with Gasteiger partial charge >= 0.3 is 20.9 Å².